The van der Waals surface area contributed by atoms with Crippen molar-refractivity contribution >= 4 is 32.3 Å². The summed E-state index contributed by atoms with van der Waals surface area (Å²) in [5, 5.41) is 16.8. The molecule has 4 aromatic carbocycles. The summed E-state index contributed by atoms with van der Waals surface area (Å²) < 4.78 is 6.06. The predicted octanol–water partition coefficient (Wildman–Crippen LogP) is 7.60. The summed E-state index contributed by atoms with van der Waals surface area (Å²) in [6.07, 6.45) is 11.1. The molecule has 0 atom stereocenters. The molecule has 30 heavy (non-hydrogen) atoms. The van der Waals surface area contributed by atoms with Gasteiger partial charge < -0.3 is 9.84 Å². The number of ether oxygens (including phenoxy) is 1. The maximum Gasteiger partial charge on any atom is 0.0722 e. The predicted molar refractivity (Wildman–Crippen MR) is 128 cm³/mol. The Hall–Kier alpha value is -2.16. The highest BCUT2D eigenvalue weighted by molar-refractivity contribution is 6.23. The molecule has 0 saturated carbocycles. The molecule has 0 saturated heterocycles. The van der Waals surface area contributed by atoms with Gasteiger partial charge in [0.05, 0.1) is 6.61 Å². The first-order valence-corrected chi connectivity index (χ1v) is 11.7. The number of benzene rings is 4. The molecule has 0 spiro atoms. The van der Waals surface area contributed by atoms with Crippen LogP contribution in [0, 0.1) is 0 Å². The lowest BCUT2D eigenvalue weighted by Crippen LogP contribution is -1.97. The molecule has 0 aliphatic rings. The fourth-order valence-corrected chi connectivity index (χ4v) is 4.66. The van der Waals surface area contributed by atoms with Gasteiger partial charge in [0, 0.05) is 13.2 Å². The van der Waals surface area contributed by atoms with Crippen molar-refractivity contribution in [2.24, 2.45) is 0 Å². The summed E-state index contributed by atoms with van der Waals surface area (Å²) in [7, 11) is 0. The molecule has 2 heteroatoms. The van der Waals surface area contributed by atoms with E-state index in [-0.39, 0.29) is 0 Å². The van der Waals surface area contributed by atoms with Crippen LogP contribution in [0.1, 0.15) is 63.4 Å². The lowest BCUT2D eigenvalue weighted by molar-refractivity contribution is 0.117. The van der Waals surface area contributed by atoms with Crippen LogP contribution < -0.4 is 0 Å². The minimum absolute atomic E-state index is 0.342. The summed E-state index contributed by atoms with van der Waals surface area (Å²) in [4.78, 5) is 0. The van der Waals surface area contributed by atoms with Gasteiger partial charge in [-0.3, -0.25) is 0 Å². The summed E-state index contributed by atoms with van der Waals surface area (Å²) in [5.74, 6) is 0. The third-order valence-corrected chi connectivity index (χ3v) is 6.32. The SMILES string of the molecule is OCCCCCCCCCCCOCc1ccc2ccc3cccc4ccc1c2c34. The Balaban J connectivity index is 1.25. The Morgan fingerprint density at radius 3 is 1.83 bits per heavy atom. The lowest BCUT2D eigenvalue weighted by atomic mass is 9.92. The van der Waals surface area contributed by atoms with Crippen molar-refractivity contribution in [3.63, 3.8) is 0 Å². The monoisotopic (exact) mass is 402 g/mol. The molecule has 4 rings (SSSR count). The summed E-state index contributed by atoms with van der Waals surface area (Å²) in [6.45, 7) is 1.88. The van der Waals surface area contributed by atoms with Crippen LogP contribution in [0.2, 0.25) is 0 Å². The van der Waals surface area contributed by atoms with Crippen LogP contribution in [0.25, 0.3) is 32.3 Å². The number of hydrogen-bond donors (Lipinski definition) is 1. The topological polar surface area (TPSA) is 29.5 Å². The minimum Gasteiger partial charge on any atom is -0.396 e. The van der Waals surface area contributed by atoms with Crippen LogP contribution in [-0.4, -0.2) is 18.3 Å². The van der Waals surface area contributed by atoms with Gasteiger partial charge in [0.1, 0.15) is 0 Å². The van der Waals surface area contributed by atoms with E-state index in [2.05, 4.69) is 54.6 Å². The van der Waals surface area contributed by atoms with Crippen LogP contribution in [0.4, 0.5) is 0 Å². The maximum absolute atomic E-state index is 8.79. The normalized spacial score (nSPS) is 11.9. The summed E-state index contributed by atoms with van der Waals surface area (Å²) in [6, 6.07) is 20.0. The molecule has 0 fully saturated rings. The van der Waals surface area contributed by atoms with Crippen molar-refractivity contribution in [2.75, 3.05) is 13.2 Å². The summed E-state index contributed by atoms with van der Waals surface area (Å²) >= 11 is 0. The van der Waals surface area contributed by atoms with Gasteiger partial charge >= 0.3 is 0 Å². The molecule has 158 valence electrons. The first-order chi connectivity index (χ1) is 14.9. The van der Waals surface area contributed by atoms with E-state index < -0.39 is 0 Å². The number of hydrogen-bond acceptors (Lipinski definition) is 2. The van der Waals surface area contributed by atoms with E-state index in [1.165, 1.54) is 82.8 Å². The second kappa shape index (κ2) is 10.7. The molecule has 0 amide bonds. The first kappa shape index (κ1) is 21.1. The Morgan fingerprint density at radius 1 is 0.567 bits per heavy atom. The van der Waals surface area contributed by atoms with Crippen molar-refractivity contribution in [3.8, 4) is 0 Å². The van der Waals surface area contributed by atoms with E-state index in [1.807, 2.05) is 0 Å². The molecule has 2 nitrogen and oxygen atoms in total. The minimum atomic E-state index is 0.342. The average molecular weight is 403 g/mol. The van der Waals surface area contributed by atoms with Crippen LogP contribution in [0.5, 0.6) is 0 Å². The Morgan fingerprint density at radius 2 is 1.13 bits per heavy atom. The lowest BCUT2D eigenvalue weighted by Gasteiger charge is -2.14. The van der Waals surface area contributed by atoms with E-state index in [9.17, 15) is 0 Å². The standard InChI is InChI=1S/C28H34O2/c29-19-8-6-4-2-1-3-5-7-9-20-30-21-25-16-15-24-14-13-22-11-10-12-23-17-18-26(25)28(24)27(22)23/h10-18,29H,1-9,19-21H2. The van der Waals surface area contributed by atoms with Gasteiger partial charge in [0.2, 0.25) is 0 Å². The molecule has 0 aliphatic heterocycles. The van der Waals surface area contributed by atoms with E-state index >= 15 is 0 Å². The number of aliphatic hydroxyl groups excluding tert-OH is 1. The maximum atomic E-state index is 8.79. The Bertz CT molecular complexity index is 1040. The fourth-order valence-electron chi connectivity index (χ4n) is 4.66. The van der Waals surface area contributed by atoms with E-state index in [0.717, 1.165) is 19.4 Å². The highest BCUT2D eigenvalue weighted by Gasteiger charge is 2.10. The molecule has 0 aliphatic carbocycles. The highest BCUT2D eigenvalue weighted by atomic mass is 16.5. The molecule has 0 unspecified atom stereocenters. The second-order valence-corrected chi connectivity index (χ2v) is 8.54. The number of unbranched alkanes of at least 4 members (excludes halogenated alkanes) is 8. The molecule has 1 N–H and O–H groups in total. The Kier molecular flexibility index (Phi) is 7.55. The first-order valence-electron chi connectivity index (χ1n) is 11.7. The second-order valence-electron chi connectivity index (χ2n) is 8.54. The number of rotatable bonds is 13. The van der Waals surface area contributed by atoms with Crippen molar-refractivity contribution < 1.29 is 9.84 Å². The third-order valence-electron chi connectivity index (χ3n) is 6.32. The summed E-state index contributed by atoms with van der Waals surface area (Å²) in [5.41, 5.74) is 1.30. The quantitative estimate of drug-likeness (QED) is 0.184. The molecule has 0 radical (unpaired) electrons. The highest BCUT2D eigenvalue weighted by Crippen LogP contribution is 2.36. The molecule has 0 bridgehead atoms. The van der Waals surface area contributed by atoms with E-state index in [0.29, 0.717) is 13.2 Å². The molecule has 0 aromatic heterocycles. The Labute approximate surface area is 180 Å². The zero-order chi connectivity index (χ0) is 20.6. The van der Waals surface area contributed by atoms with Gasteiger partial charge in [-0.05, 0) is 50.7 Å². The van der Waals surface area contributed by atoms with Gasteiger partial charge in [-0.25, -0.2) is 0 Å². The van der Waals surface area contributed by atoms with Crippen LogP contribution >= 0.6 is 0 Å². The van der Waals surface area contributed by atoms with Gasteiger partial charge in [-0.1, -0.05) is 99.5 Å². The average Bonchev–Trinajstić information content (AvgIpc) is 2.79. The fraction of sp³-hybridized carbons (Fsp3) is 0.429. The van der Waals surface area contributed by atoms with E-state index in [1.54, 1.807) is 0 Å². The zero-order valence-electron chi connectivity index (χ0n) is 18.0. The van der Waals surface area contributed by atoms with Gasteiger partial charge in [-0.15, -0.1) is 0 Å². The van der Waals surface area contributed by atoms with Crippen molar-refractivity contribution in [1.29, 1.82) is 0 Å². The molecule has 4 aromatic rings. The smallest absolute Gasteiger partial charge is 0.0722 e. The van der Waals surface area contributed by atoms with Crippen molar-refractivity contribution in [2.45, 2.75) is 64.4 Å². The van der Waals surface area contributed by atoms with Gasteiger partial charge in [0.15, 0.2) is 0 Å². The largest absolute Gasteiger partial charge is 0.396 e. The van der Waals surface area contributed by atoms with Crippen molar-refractivity contribution in [3.05, 3.63) is 60.2 Å². The molecular weight excluding hydrogens is 368 g/mol. The van der Waals surface area contributed by atoms with Crippen LogP contribution in [0.15, 0.2) is 54.6 Å². The number of aliphatic hydroxyl groups is 1. The molecule has 0 heterocycles. The van der Waals surface area contributed by atoms with Crippen LogP contribution in [-0.2, 0) is 11.3 Å². The van der Waals surface area contributed by atoms with Crippen molar-refractivity contribution in [1.82, 2.24) is 0 Å². The zero-order valence-corrected chi connectivity index (χ0v) is 18.0. The third kappa shape index (κ3) is 4.94. The van der Waals surface area contributed by atoms with E-state index in [4.69, 9.17) is 9.84 Å². The van der Waals surface area contributed by atoms with Crippen LogP contribution in [0.3, 0.4) is 0 Å². The van der Waals surface area contributed by atoms with Gasteiger partial charge in [0.25, 0.3) is 0 Å². The molecular formula is C28H34O2. The van der Waals surface area contributed by atoms with Gasteiger partial charge in [-0.2, -0.15) is 0 Å².